The number of carbonyl (C=O) groups excluding carboxylic acids is 2. The predicted octanol–water partition coefficient (Wildman–Crippen LogP) is 2.02. The fourth-order valence-corrected chi connectivity index (χ4v) is 2.17. The second-order valence-electron chi connectivity index (χ2n) is 4.57. The molecule has 1 aliphatic rings. The number of carbonyl (C=O) groups is 2. The van der Waals surface area contributed by atoms with Gasteiger partial charge in [0.05, 0.1) is 6.61 Å². The van der Waals surface area contributed by atoms with E-state index in [4.69, 9.17) is 9.47 Å². The van der Waals surface area contributed by atoms with Crippen molar-refractivity contribution in [2.45, 2.75) is 12.5 Å². The Labute approximate surface area is 114 Å². The van der Waals surface area contributed by atoms with Crippen LogP contribution in [0.5, 0.6) is 5.75 Å². The van der Waals surface area contributed by atoms with E-state index in [1.807, 2.05) is 24.3 Å². The Morgan fingerprint density at radius 3 is 2.60 bits per heavy atom. The molecule has 1 saturated heterocycles. The summed E-state index contributed by atoms with van der Waals surface area (Å²) in [6.45, 7) is 0.250. The number of rotatable bonds is 2. The first kappa shape index (κ1) is 12.5. The fourth-order valence-electron chi connectivity index (χ4n) is 2.17. The number of fused-ring (bicyclic) bond motifs is 1. The first-order valence-electron chi connectivity index (χ1n) is 6.24. The zero-order valence-corrected chi connectivity index (χ0v) is 10.5. The van der Waals surface area contributed by atoms with Gasteiger partial charge in [0.25, 0.3) is 0 Å². The van der Waals surface area contributed by atoms with Crippen molar-refractivity contribution >= 4 is 22.7 Å². The Kier molecular flexibility index (Phi) is 3.02. The third-order valence-corrected chi connectivity index (χ3v) is 3.22. The molecular formula is C15H12O5. The van der Waals surface area contributed by atoms with Crippen LogP contribution in [0.2, 0.25) is 0 Å². The minimum absolute atomic E-state index is 0.0448. The number of cyclic esters (lactones) is 1. The van der Waals surface area contributed by atoms with Crippen LogP contribution in [-0.2, 0) is 14.3 Å². The summed E-state index contributed by atoms with van der Waals surface area (Å²) >= 11 is 0. The predicted molar refractivity (Wildman–Crippen MR) is 70.4 cm³/mol. The summed E-state index contributed by atoms with van der Waals surface area (Å²) in [4.78, 5) is 23.3. The lowest BCUT2D eigenvalue weighted by Gasteiger charge is -2.10. The monoisotopic (exact) mass is 272 g/mol. The summed E-state index contributed by atoms with van der Waals surface area (Å²) in [5.41, 5.74) is 0.0448. The Morgan fingerprint density at radius 1 is 1.25 bits per heavy atom. The van der Waals surface area contributed by atoms with Crippen molar-refractivity contribution in [3.63, 3.8) is 0 Å². The summed E-state index contributed by atoms with van der Waals surface area (Å²) in [5.74, 6) is -1.43. The molecule has 3 rings (SSSR count). The van der Waals surface area contributed by atoms with Gasteiger partial charge in [0.1, 0.15) is 11.3 Å². The van der Waals surface area contributed by atoms with Gasteiger partial charge in [-0.2, -0.15) is 0 Å². The number of hydrogen-bond acceptors (Lipinski definition) is 5. The Balaban J connectivity index is 1.90. The van der Waals surface area contributed by atoms with Crippen LogP contribution in [0.1, 0.15) is 16.8 Å². The maximum atomic E-state index is 12.0. The van der Waals surface area contributed by atoms with Gasteiger partial charge in [0, 0.05) is 6.42 Å². The molecule has 2 aromatic rings. The van der Waals surface area contributed by atoms with Gasteiger partial charge in [0.2, 0.25) is 6.10 Å². The molecule has 20 heavy (non-hydrogen) atoms. The van der Waals surface area contributed by atoms with Crippen LogP contribution < -0.4 is 0 Å². The van der Waals surface area contributed by atoms with Gasteiger partial charge in [-0.25, -0.2) is 9.59 Å². The Hall–Kier alpha value is -2.56. The number of benzene rings is 2. The van der Waals surface area contributed by atoms with Crippen LogP contribution in [0.15, 0.2) is 36.4 Å². The zero-order valence-electron chi connectivity index (χ0n) is 10.5. The second-order valence-corrected chi connectivity index (χ2v) is 4.57. The maximum Gasteiger partial charge on any atom is 0.347 e. The van der Waals surface area contributed by atoms with Crippen molar-refractivity contribution in [3.05, 3.63) is 42.0 Å². The molecule has 0 saturated carbocycles. The standard InChI is InChI=1S/C15H12O5/c16-12-8-10-4-2-1-3-9(10)7-11(12)14(17)20-13-5-6-19-15(13)18/h1-4,7-8,13,16H,5-6H2/t13-/m1/s1. The van der Waals surface area contributed by atoms with Crippen molar-refractivity contribution in [2.75, 3.05) is 6.61 Å². The smallest absolute Gasteiger partial charge is 0.347 e. The van der Waals surface area contributed by atoms with Crippen LogP contribution >= 0.6 is 0 Å². The molecule has 0 aromatic heterocycles. The van der Waals surface area contributed by atoms with Crippen LogP contribution in [0.3, 0.4) is 0 Å². The largest absolute Gasteiger partial charge is 0.507 e. The molecule has 1 heterocycles. The fraction of sp³-hybridized carbons (Fsp3) is 0.200. The lowest BCUT2D eigenvalue weighted by atomic mass is 10.1. The molecule has 0 bridgehead atoms. The number of hydrogen-bond donors (Lipinski definition) is 1. The van der Waals surface area contributed by atoms with E-state index >= 15 is 0 Å². The van der Waals surface area contributed by atoms with Crippen molar-refractivity contribution < 1.29 is 24.2 Å². The first-order valence-corrected chi connectivity index (χ1v) is 6.24. The van der Waals surface area contributed by atoms with Crippen LogP contribution in [-0.4, -0.2) is 29.8 Å². The van der Waals surface area contributed by atoms with Crippen molar-refractivity contribution in [2.24, 2.45) is 0 Å². The molecule has 0 amide bonds. The maximum absolute atomic E-state index is 12.0. The van der Waals surface area contributed by atoms with E-state index in [0.717, 1.165) is 10.8 Å². The van der Waals surface area contributed by atoms with E-state index in [2.05, 4.69) is 0 Å². The number of phenolic OH excluding ortho intramolecular Hbond substituents is 1. The molecule has 1 atom stereocenters. The summed E-state index contributed by atoms with van der Waals surface area (Å²) in [6, 6.07) is 10.4. The number of aromatic hydroxyl groups is 1. The minimum Gasteiger partial charge on any atom is -0.507 e. The molecule has 1 aliphatic heterocycles. The van der Waals surface area contributed by atoms with E-state index in [9.17, 15) is 14.7 Å². The Morgan fingerprint density at radius 2 is 1.95 bits per heavy atom. The van der Waals surface area contributed by atoms with Gasteiger partial charge in [0.15, 0.2) is 0 Å². The summed E-state index contributed by atoms with van der Waals surface area (Å²) in [6.07, 6.45) is -0.535. The number of esters is 2. The lowest BCUT2D eigenvalue weighted by Crippen LogP contribution is -2.22. The van der Waals surface area contributed by atoms with Crippen molar-refractivity contribution in [1.29, 1.82) is 0 Å². The second kappa shape index (κ2) is 4.85. The average molecular weight is 272 g/mol. The van der Waals surface area contributed by atoms with Crippen molar-refractivity contribution in [1.82, 2.24) is 0 Å². The molecular weight excluding hydrogens is 260 g/mol. The summed E-state index contributed by atoms with van der Waals surface area (Å²) in [5, 5.41) is 11.5. The Bertz CT molecular complexity index is 692. The molecule has 0 aliphatic carbocycles. The van der Waals surface area contributed by atoms with Gasteiger partial charge in [-0.15, -0.1) is 0 Å². The summed E-state index contributed by atoms with van der Waals surface area (Å²) in [7, 11) is 0. The van der Waals surface area contributed by atoms with Crippen LogP contribution in [0.25, 0.3) is 10.8 Å². The average Bonchev–Trinajstić information content (AvgIpc) is 2.83. The van der Waals surface area contributed by atoms with Crippen molar-refractivity contribution in [3.8, 4) is 5.75 Å². The highest BCUT2D eigenvalue weighted by Gasteiger charge is 2.31. The molecule has 1 N–H and O–H groups in total. The van der Waals surface area contributed by atoms with E-state index in [1.165, 1.54) is 6.07 Å². The molecule has 5 heteroatoms. The third-order valence-electron chi connectivity index (χ3n) is 3.22. The molecule has 102 valence electrons. The van der Waals surface area contributed by atoms with E-state index in [1.54, 1.807) is 6.07 Å². The molecule has 0 spiro atoms. The highest BCUT2D eigenvalue weighted by molar-refractivity contribution is 5.99. The van der Waals surface area contributed by atoms with Gasteiger partial charge in [-0.3, -0.25) is 0 Å². The molecule has 0 radical (unpaired) electrons. The van der Waals surface area contributed by atoms with E-state index in [-0.39, 0.29) is 17.9 Å². The minimum atomic E-state index is -0.881. The zero-order chi connectivity index (χ0) is 14.1. The quantitative estimate of drug-likeness (QED) is 0.847. The van der Waals surface area contributed by atoms with Gasteiger partial charge < -0.3 is 14.6 Å². The van der Waals surface area contributed by atoms with Crippen LogP contribution in [0.4, 0.5) is 0 Å². The van der Waals surface area contributed by atoms with Gasteiger partial charge >= 0.3 is 11.9 Å². The topological polar surface area (TPSA) is 72.8 Å². The van der Waals surface area contributed by atoms with Gasteiger partial charge in [-0.05, 0) is 22.9 Å². The lowest BCUT2D eigenvalue weighted by molar-refractivity contribution is -0.145. The highest BCUT2D eigenvalue weighted by Crippen LogP contribution is 2.26. The highest BCUT2D eigenvalue weighted by atomic mass is 16.6. The van der Waals surface area contributed by atoms with E-state index in [0.29, 0.717) is 6.42 Å². The number of phenols is 1. The molecule has 2 aromatic carbocycles. The molecule has 0 unspecified atom stereocenters. The summed E-state index contributed by atoms with van der Waals surface area (Å²) < 4.78 is 9.79. The van der Waals surface area contributed by atoms with E-state index < -0.39 is 18.0 Å². The van der Waals surface area contributed by atoms with Crippen LogP contribution in [0, 0.1) is 0 Å². The third kappa shape index (κ3) is 2.18. The first-order chi connectivity index (χ1) is 9.65. The molecule has 1 fully saturated rings. The SMILES string of the molecule is O=C(O[C@@H]1CCOC1=O)c1cc2ccccc2cc1O. The normalized spacial score (nSPS) is 18.0. The molecule has 5 nitrogen and oxygen atoms in total. The number of ether oxygens (including phenoxy) is 2. The van der Waals surface area contributed by atoms with Gasteiger partial charge in [-0.1, -0.05) is 24.3 Å².